The SMILES string of the molecule is CC(=O)O[C@@H]([C@H](OC(C)=O)[C@@H](Cn1cc(C2=CCCCC2)nn1)OC(C)=O)[C@@H](Cn1cc(C2=CCCCC2)nn1)OC(C)=O. The van der Waals surface area contributed by atoms with E-state index in [0.717, 1.165) is 62.5 Å². The highest BCUT2D eigenvalue weighted by Crippen LogP contribution is 2.27. The summed E-state index contributed by atoms with van der Waals surface area (Å²) < 4.78 is 25.5. The highest BCUT2D eigenvalue weighted by atomic mass is 16.6. The lowest BCUT2D eigenvalue weighted by Gasteiger charge is -2.35. The lowest BCUT2D eigenvalue weighted by molar-refractivity contribution is -0.200. The molecule has 0 aromatic carbocycles. The van der Waals surface area contributed by atoms with Gasteiger partial charge < -0.3 is 18.9 Å². The molecule has 4 rings (SSSR count). The van der Waals surface area contributed by atoms with Crippen molar-refractivity contribution in [3.8, 4) is 0 Å². The normalized spacial score (nSPS) is 17.7. The zero-order valence-electron chi connectivity index (χ0n) is 25.6. The first-order chi connectivity index (χ1) is 21.1. The third kappa shape index (κ3) is 9.32. The van der Waals surface area contributed by atoms with E-state index in [2.05, 4.69) is 32.8 Å². The van der Waals surface area contributed by atoms with Gasteiger partial charge in [0.2, 0.25) is 0 Å². The zero-order valence-corrected chi connectivity index (χ0v) is 25.6. The summed E-state index contributed by atoms with van der Waals surface area (Å²) in [6.45, 7) is 4.58. The summed E-state index contributed by atoms with van der Waals surface area (Å²) in [7, 11) is 0. The number of esters is 4. The molecule has 0 saturated carbocycles. The van der Waals surface area contributed by atoms with Crippen LogP contribution in [0.3, 0.4) is 0 Å². The van der Waals surface area contributed by atoms with Crippen molar-refractivity contribution in [1.82, 2.24) is 30.0 Å². The number of carbonyl (C=O) groups excluding carboxylic acids is 4. The van der Waals surface area contributed by atoms with E-state index in [1.54, 1.807) is 12.4 Å². The summed E-state index contributed by atoms with van der Waals surface area (Å²) in [5, 5.41) is 17.0. The molecule has 2 aliphatic rings. The van der Waals surface area contributed by atoms with Crippen molar-refractivity contribution in [3.05, 3.63) is 35.9 Å². The van der Waals surface area contributed by atoms with E-state index in [1.165, 1.54) is 37.1 Å². The Kier molecular flexibility index (Phi) is 11.4. The standard InChI is InChI=1S/C30H40N6O8/c1-19(37)41-27(17-35-15-25(31-33-35)23-11-7-5-8-12-23)29(43-21(3)39)30(44-22(4)40)28(42-20(2)38)18-36-16-26(32-34-36)24-13-9-6-10-14-24/h11,13,15-16,27-30H,5-10,12,14,17-18H2,1-4H3/t27-,28-,29-,30-/m1/s1. The Balaban J connectivity index is 1.67. The first-order valence-electron chi connectivity index (χ1n) is 15.0. The molecule has 0 aliphatic heterocycles. The third-order valence-electron chi connectivity index (χ3n) is 7.35. The Morgan fingerprint density at radius 1 is 0.636 bits per heavy atom. The number of ether oxygens (including phenoxy) is 4. The van der Waals surface area contributed by atoms with Gasteiger partial charge in [0.1, 0.15) is 11.4 Å². The van der Waals surface area contributed by atoms with Crippen LogP contribution in [0.5, 0.6) is 0 Å². The van der Waals surface area contributed by atoms with Gasteiger partial charge in [-0.1, -0.05) is 22.6 Å². The minimum atomic E-state index is -1.39. The van der Waals surface area contributed by atoms with Crippen molar-refractivity contribution in [2.45, 2.75) is 117 Å². The average molecular weight is 613 g/mol. The van der Waals surface area contributed by atoms with E-state index < -0.39 is 48.3 Å². The van der Waals surface area contributed by atoms with Crippen molar-refractivity contribution < 1.29 is 38.1 Å². The van der Waals surface area contributed by atoms with Crippen LogP contribution >= 0.6 is 0 Å². The van der Waals surface area contributed by atoms with Gasteiger partial charge in [0.05, 0.1) is 25.5 Å². The fourth-order valence-electron chi connectivity index (χ4n) is 5.51. The van der Waals surface area contributed by atoms with Crippen molar-refractivity contribution in [2.75, 3.05) is 0 Å². The van der Waals surface area contributed by atoms with E-state index in [1.807, 2.05) is 0 Å². The molecule has 2 aliphatic carbocycles. The molecule has 4 atom stereocenters. The molecule has 238 valence electrons. The largest absolute Gasteiger partial charge is 0.456 e. The fourth-order valence-corrected chi connectivity index (χ4v) is 5.51. The molecule has 0 bridgehead atoms. The minimum absolute atomic E-state index is 0.0933. The van der Waals surface area contributed by atoms with Crippen LogP contribution in [-0.2, 0) is 51.2 Å². The molecule has 0 spiro atoms. The molecule has 0 amide bonds. The summed E-state index contributed by atoms with van der Waals surface area (Å²) in [6, 6.07) is 0. The van der Waals surface area contributed by atoms with Crippen molar-refractivity contribution >= 4 is 35.0 Å². The molecule has 14 heteroatoms. The van der Waals surface area contributed by atoms with Crippen LogP contribution in [0, 0.1) is 0 Å². The molecule has 2 aromatic rings. The highest BCUT2D eigenvalue weighted by molar-refractivity contribution is 5.69. The van der Waals surface area contributed by atoms with Gasteiger partial charge in [0, 0.05) is 27.7 Å². The van der Waals surface area contributed by atoms with Crippen LogP contribution in [0.4, 0.5) is 0 Å². The Morgan fingerprint density at radius 2 is 1.02 bits per heavy atom. The monoisotopic (exact) mass is 612 g/mol. The first-order valence-corrected chi connectivity index (χ1v) is 15.0. The van der Waals surface area contributed by atoms with Gasteiger partial charge in [-0.15, -0.1) is 10.2 Å². The average Bonchev–Trinajstić information content (AvgIpc) is 3.64. The Labute approximate surface area is 255 Å². The summed E-state index contributed by atoms with van der Waals surface area (Å²) >= 11 is 0. The van der Waals surface area contributed by atoms with Crippen LogP contribution < -0.4 is 0 Å². The quantitative estimate of drug-likeness (QED) is 0.240. The summed E-state index contributed by atoms with van der Waals surface area (Å²) in [5.41, 5.74) is 3.54. The van der Waals surface area contributed by atoms with E-state index >= 15 is 0 Å². The summed E-state index contributed by atoms with van der Waals surface area (Å²) in [5.74, 6) is -2.81. The Morgan fingerprint density at radius 3 is 1.34 bits per heavy atom. The van der Waals surface area contributed by atoms with Gasteiger partial charge >= 0.3 is 23.9 Å². The van der Waals surface area contributed by atoms with E-state index in [0.29, 0.717) is 11.4 Å². The molecular weight excluding hydrogens is 572 g/mol. The topological polar surface area (TPSA) is 167 Å². The molecule has 44 heavy (non-hydrogen) atoms. The van der Waals surface area contributed by atoms with Crippen molar-refractivity contribution in [1.29, 1.82) is 0 Å². The molecule has 14 nitrogen and oxygen atoms in total. The fraction of sp³-hybridized carbons (Fsp3) is 0.600. The number of allylic oxidation sites excluding steroid dienone is 4. The second-order valence-electron chi connectivity index (χ2n) is 11.0. The maximum atomic E-state index is 12.4. The smallest absolute Gasteiger partial charge is 0.303 e. The molecular formula is C30H40N6O8. The van der Waals surface area contributed by atoms with E-state index in [9.17, 15) is 19.2 Å². The zero-order chi connectivity index (χ0) is 31.6. The Hall–Kier alpha value is -4.36. The van der Waals surface area contributed by atoms with Crippen LogP contribution in [0.2, 0.25) is 0 Å². The van der Waals surface area contributed by atoms with Gasteiger partial charge in [-0.25, -0.2) is 9.36 Å². The van der Waals surface area contributed by atoms with Gasteiger partial charge in [-0.2, -0.15) is 0 Å². The maximum absolute atomic E-state index is 12.4. The number of aromatic nitrogens is 6. The predicted octanol–water partition coefficient (Wildman–Crippen LogP) is 3.21. The van der Waals surface area contributed by atoms with Crippen LogP contribution in [0.15, 0.2) is 24.5 Å². The molecule has 0 radical (unpaired) electrons. The number of hydrogen-bond donors (Lipinski definition) is 0. The lowest BCUT2D eigenvalue weighted by Crippen LogP contribution is -2.53. The maximum Gasteiger partial charge on any atom is 0.303 e. The molecule has 0 unspecified atom stereocenters. The number of rotatable bonds is 13. The van der Waals surface area contributed by atoms with Crippen LogP contribution in [-0.4, -0.2) is 78.3 Å². The van der Waals surface area contributed by atoms with Crippen molar-refractivity contribution in [3.63, 3.8) is 0 Å². The first kappa shape index (κ1) is 32.6. The third-order valence-corrected chi connectivity index (χ3v) is 7.35. The Bertz CT molecular complexity index is 1290. The number of carbonyl (C=O) groups is 4. The molecule has 0 fully saturated rings. The van der Waals surface area contributed by atoms with Gasteiger partial charge in [-0.05, 0) is 62.5 Å². The molecule has 2 aromatic heterocycles. The molecule has 0 saturated heterocycles. The number of hydrogen-bond acceptors (Lipinski definition) is 12. The van der Waals surface area contributed by atoms with Gasteiger partial charge in [0.15, 0.2) is 24.4 Å². The van der Waals surface area contributed by atoms with Gasteiger partial charge in [-0.3, -0.25) is 19.2 Å². The molecule has 0 N–H and O–H groups in total. The van der Waals surface area contributed by atoms with E-state index in [4.69, 9.17) is 18.9 Å². The highest BCUT2D eigenvalue weighted by Gasteiger charge is 2.44. The summed E-state index contributed by atoms with van der Waals surface area (Å²) in [6.07, 6.45) is 10.5. The second-order valence-corrected chi connectivity index (χ2v) is 11.0. The van der Waals surface area contributed by atoms with Gasteiger partial charge in [0.25, 0.3) is 0 Å². The number of nitrogens with zero attached hydrogens (tertiary/aromatic N) is 6. The lowest BCUT2D eigenvalue weighted by atomic mass is 9.98. The molecule has 2 heterocycles. The van der Waals surface area contributed by atoms with E-state index in [-0.39, 0.29) is 13.1 Å². The van der Waals surface area contributed by atoms with Crippen LogP contribution in [0.25, 0.3) is 11.1 Å². The van der Waals surface area contributed by atoms with Crippen LogP contribution in [0.1, 0.15) is 90.4 Å². The van der Waals surface area contributed by atoms with Crippen molar-refractivity contribution in [2.24, 2.45) is 0 Å². The summed E-state index contributed by atoms with van der Waals surface area (Å²) in [4.78, 5) is 49.4. The minimum Gasteiger partial charge on any atom is -0.456 e. The predicted molar refractivity (Wildman–Crippen MR) is 155 cm³/mol. The second kappa shape index (κ2) is 15.4.